The Hall–Kier alpha value is -2.82. The van der Waals surface area contributed by atoms with Crippen LogP contribution in [0.1, 0.15) is 36.0 Å². The monoisotopic (exact) mass is 403 g/mol. The number of hydrogen-bond donors (Lipinski definition) is 1. The number of hydrogen-bond acceptors (Lipinski definition) is 4. The van der Waals surface area contributed by atoms with Gasteiger partial charge in [0.2, 0.25) is 0 Å². The van der Waals surface area contributed by atoms with E-state index in [1.54, 1.807) is 14.2 Å². The van der Waals surface area contributed by atoms with E-state index in [1.165, 1.54) is 5.06 Å². The number of methoxy groups -OCH3 is 2. The van der Waals surface area contributed by atoms with Crippen molar-refractivity contribution in [2.45, 2.75) is 30.7 Å². The Morgan fingerprint density at radius 2 is 1.43 bits per heavy atom. The van der Waals surface area contributed by atoms with Crippen molar-refractivity contribution in [1.29, 1.82) is 0 Å². The van der Waals surface area contributed by atoms with Crippen LogP contribution in [0, 0.1) is 0 Å². The van der Waals surface area contributed by atoms with Gasteiger partial charge in [0.05, 0.1) is 25.7 Å². The third-order valence-corrected chi connectivity index (χ3v) is 6.26. The van der Waals surface area contributed by atoms with Gasteiger partial charge in [-0.2, -0.15) is 5.06 Å². The van der Waals surface area contributed by atoms with E-state index in [0.29, 0.717) is 18.0 Å². The van der Waals surface area contributed by atoms with Gasteiger partial charge in [-0.1, -0.05) is 79.2 Å². The summed E-state index contributed by atoms with van der Waals surface area (Å²) in [4.78, 5) is 0. The summed E-state index contributed by atoms with van der Waals surface area (Å²) in [5, 5.41) is 12.7. The maximum atomic E-state index is 11.1. The first-order valence-electron chi connectivity index (χ1n) is 10.5. The van der Waals surface area contributed by atoms with E-state index in [4.69, 9.17) is 9.47 Å². The van der Waals surface area contributed by atoms with E-state index in [-0.39, 0.29) is 6.04 Å². The standard InChI is InChI=1S/C26H29NO3/c1-29-23-17-11-16-22(25(23)30-2)26(20-12-5-3-6-13-20,21-14-7-4-8-15-21)24-18-9-10-19-27(24)28/h3-8,11-17,24,28H,9-10,18-19H2,1-2H3. The molecule has 1 N–H and O–H groups in total. The fourth-order valence-corrected chi connectivity index (χ4v) is 5.00. The van der Waals surface area contributed by atoms with Gasteiger partial charge in [-0.25, -0.2) is 0 Å². The molecule has 0 saturated carbocycles. The zero-order valence-electron chi connectivity index (χ0n) is 17.6. The summed E-state index contributed by atoms with van der Waals surface area (Å²) in [5.74, 6) is 1.39. The first-order valence-corrected chi connectivity index (χ1v) is 10.5. The SMILES string of the molecule is COc1cccc(C(c2ccccc2)(c2ccccc2)C2CCCCN2O)c1OC. The number of nitrogens with zero attached hydrogens (tertiary/aromatic N) is 1. The predicted molar refractivity (Wildman–Crippen MR) is 118 cm³/mol. The highest BCUT2D eigenvalue weighted by molar-refractivity contribution is 5.61. The lowest BCUT2D eigenvalue weighted by Crippen LogP contribution is -2.53. The number of para-hydroxylation sites is 1. The molecule has 1 atom stereocenters. The van der Waals surface area contributed by atoms with Crippen molar-refractivity contribution in [1.82, 2.24) is 5.06 Å². The molecule has 1 fully saturated rings. The van der Waals surface area contributed by atoms with Crippen molar-refractivity contribution >= 4 is 0 Å². The molecule has 1 heterocycles. The Bertz CT molecular complexity index is 919. The number of benzene rings is 3. The molecule has 1 aliphatic rings. The van der Waals surface area contributed by atoms with Crippen LogP contribution in [0.5, 0.6) is 11.5 Å². The third kappa shape index (κ3) is 3.36. The van der Waals surface area contributed by atoms with E-state index >= 15 is 0 Å². The molecule has 3 aromatic carbocycles. The van der Waals surface area contributed by atoms with Crippen LogP contribution in [-0.2, 0) is 5.41 Å². The van der Waals surface area contributed by atoms with Crippen molar-refractivity contribution in [3.8, 4) is 11.5 Å². The molecule has 0 amide bonds. The van der Waals surface area contributed by atoms with Crippen molar-refractivity contribution in [2.24, 2.45) is 0 Å². The van der Waals surface area contributed by atoms with Gasteiger partial charge in [0.25, 0.3) is 0 Å². The van der Waals surface area contributed by atoms with Crippen molar-refractivity contribution in [2.75, 3.05) is 20.8 Å². The fourth-order valence-electron chi connectivity index (χ4n) is 5.00. The van der Waals surface area contributed by atoms with E-state index in [1.807, 2.05) is 24.3 Å². The van der Waals surface area contributed by atoms with Crippen LogP contribution < -0.4 is 9.47 Å². The molecule has 4 nitrogen and oxygen atoms in total. The van der Waals surface area contributed by atoms with Crippen molar-refractivity contribution < 1.29 is 14.7 Å². The summed E-state index contributed by atoms with van der Waals surface area (Å²) in [7, 11) is 3.34. The molecule has 3 aromatic rings. The minimum absolute atomic E-state index is 0.142. The van der Waals surface area contributed by atoms with E-state index in [0.717, 1.165) is 36.0 Å². The van der Waals surface area contributed by atoms with Crippen LogP contribution in [0.4, 0.5) is 0 Å². The zero-order chi connectivity index (χ0) is 21.0. The lowest BCUT2D eigenvalue weighted by atomic mass is 9.62. The predicted octanol–water partition coefficient (Wildman–Crippen LogP) is 5.28. The minimum Gasteiger partial charge on any atom is -0.493 e. The minimum atomic E-state index is -0.627. The van der Waals surface area contributed by atoms with E-state index < -0.39 is 5.41 Å². The summed E-state index contributed by atoms with van der Waals surface area (Å²) in [5.41, 5.74) is 2.60. The molecule has 1 unspecified atom stereocenters. The average molecular weight is 404 g/mol. The topological polar surface area (TPSA) is 41.9 Å². The maximum Gasteiger partial charge on any atom is 0.165 e. The number of rotatable bonds is 6. The van der Waals surface area contributed by atoms with Gasteiger partial charge >= 0.3 is 0 Å². The quantitative estimate of drug-likeness (QED) is 0.569. The molecule has 4 rings (SSSR count). The Morgan fingerprint density at radius 1 is 0.800 bits per heavy atom. The molecule has 1 saturated heterocycles. The zero-order valence-corrected chi connectivity index (χ0v) is 17.6. The smallest absolute Gasteiger partial charge is 0.165 e. The van der Waals surface area contributed by atoms with Gasteiger partial charge in [0.15, 0.2) is 11.5 Å². The number of piperidine rings is 1. The fraction of sp³-hybridized carbons (Fsp3) is 0.308. The Kier molecular flexibility index (Phi) is 6.07. The summed E-state index contributed by atoms with van der Waals surface area (Å²) in [6, 6.07) is 26.8. The largest absolute Gasteiger partial charge is 0.493 e. The second-order valence-electron chi connectivity index (χ2n) is 7.76. The molecular formula is C26H29NO3. The summed E-state index contributed by atoms with van der Waals surface area (Å²) in [6.07, 6.45) is 2.93. The van der Waals surface area contributed by atoms with Crippen molar-refractivity contribution in [3.63, 3.8) is 0 Å². The highest BCUT2D eigenvalue weighted by Gasteiger charge is 2.49. The Morgan fingerprint density at radius 3 is 1.97 bits per heavy atom. The second kappa shape index (κ2) is 8.90. The van der Waals surface area contributed by atoms with Gasteiger partial charge in [-0.15, -0.1) is 0 Å². The lowest BCUT2D eigenvalue weighted by molar-refractivity contribution is -0.154. The van der Waals surface area contributed by atoms with Crippen LogP contribution in [0.2, 0.25) is 0 Å². The first kappa shape index (κ1) is 20.5. The Labute approximate surface area is 178 Å². The molecule has 4 heteroatoms. The van der Waals surface area contributed by atoms with E-state index in [2.05, 4.69) is 54.6 Å². The van der Waals surface area contributed by atoms with E-state index in [9.17, 15) is 5.21 Å². The highest BCUT2D eigenvalue weighted by atomic mass is 16.5. The van der Waals surface area contributed by atoms with Gasteiger partial charge in [-0.05, 0) is 30.0 Å². The molecule has 0 radical (unpaired) electrons. The molecule has 0 aliphatic carbocycles. The summed E-state index contributed by atoms with van der Waals surface area (Å²) >= 11 is 0. The van der Waals surface area contributed by atoms with Gasteiger partial charge < -0.3 is 14.7 Å². The number of ether oxygens (including phenoxy) is 2. The summed E-state index contributed by atoms with van der Waals surface area (Å²) in [6.45, 7) is 0.651. The second-order valence-corrected chi connectivity index (χ2v) is 7.76. The van der Waals surface area contributed by atoms with Crippen molar-refractivity contribution in [3.05, 3.63) is 95.6 Å². The third-order valence-electron chi connectivity index (χ3n) is 6.26. The maximum absolute atomic E-state index is 11.1. The molecule has 0 aromatic heterocycles. The van der Waals surface area contributed by atoms with Crippen LogP contribution in [0.15, 0.2) is 78.9 Å². The number of hydroxylamine groups is 2. The molecule has 156 valence electrons. The van der Waals surface area contributed by atoms with Crippen LogP contribution >= 0.6 is 0 Å². The van der Waals surface area contributed by atoms with Gasteiger partial charge in [-0.3, -0.25) is 0 Å². The molecule has 30 heavy (non-hydrogen) atoms. The molecular weight excluding hydrogens is 374 g/mol. The molecule has 0 spiro atoms. The normalized spacial score (nSPS) is 17.5. The highest BCUT2D eigenvalue weighted by Crippen LogP contribution is 2.51. The molecule has 1 aliphatic heterocycles. The van der Waals surface area contributed by atoms with Crippen LogP contribution in [0.25, 0.3) is 0 Å². The Balaban J connectivity index is 2.11. The van der Waals surface area contributed by atoms with Gasteiger partial charge in [0.1, 0.15) is 0 Å². The van der Waals surface area contributed by atoms with Gasteiger partial charge in [0, 0.05) is 12.1 Å². The molecule has 0 bridgehead atoms. The lowest BCUT2D eigenvalue weighted by Gasteiger charge is -2.47. The summed E-state index contributed by atoms with van der Waals surface area (Å²) < 4.78 is 11.6. The van der Waals surface area contributed by atoms with Crippen LogP contribution in [0.3, 0.4) is 0 Å². The first-order chi connectivity index (χ1) is 14.7. The van der Waals surface area contributed by atoms with Crippen LogP contribution in [-0.4, -0.2) is 37.1 Å². The average Bonchev–Trinajstić information content (AvgIpc) is 2.82.